The summed E-state index contributed by atoms with van der Waals surface area (Å²) >= 11 is 0. The molecule has 1 aliphatic carbocycles. The minimum Gasteiger partial charge on any atom is -0.338 e. The van der Waals surface area contributed by atoms with Gasteiger partial charge in [-0.1, -0.05) is 6.92 Å². The molecule has 22 heavy (non-hydrogen) atoms. The van der Waals surface area contributed by atoms with E-state index in [1.807, 2.05) is 34.1 Å². The van der Waals surface area contributed by atoms with Crippen molar-refractivity contribution in [1.82, 2.24) is 4.90 Å². The van der Waals surface area contributed by atoms with Crippen molar-refractivity contribution in [3.63, 3.8) is 0 Å². The van der Waals surface area contributed by atoms with Crippen LogP contribution < -0.4 is 4.90 Å². The van der Waals surface area contributed by atoms with Crippen molar-refractivity contribution in [3.05, 3.63) is 29.8 Å². The van der Waals surface area contributed by atoms with Gasteiger partial charge in [-0.25, -0.2) is 0 Å². The second-order valence-corrected chi connectivity index (χ2v) is 6.39. The van der Waals surface area contributed by atoms with Crippen molar-refractivity contribution in [2.45, 2.75) is 39.0 Å². The van der Waals surface area contributed by atoms with E-state index in [9.17, 15) is 9.59 Å². The Bertz CT molecular complexity index is 549. The number of nitrogens with zero attached hydrogens (tertiary/aromatic N) is 2. The molecule has 1 aliphatic heterocycles. The lowest BCUT2D eigenvalue weighted by Crippen LogP contribution is -2.33. The third kappa shape index (κ3) is 3.32. The average molecular weight is 300 g/mol. The van der Waals surface area contributed by atoms with E-state index < -0.39 is 0 Å². The second-order valence-electron chi connectivity index (χ2n) is 6.39. The molecular formula is C18H24N2O2. The number of anilines is 1. The van der Waals surface area contributed by atoms with Crippen LogP contribution in [0.1, 0.15) is 49.4 Å². The van der Waals surface area contributed by atoms with Gasteiger partial charge in [0.05, 0.1) is 0 Å². The van der Waals surface area contributed by atoms with E-state index in [4.69, 9.17) is 0 Å². The Hall–Kier alpha value is -1.84. The van der Waals surface area contributed by atoms with Crippen LogP contribution in [0.4, 0.5) is 5.69 Å². The molecule has 2 amide bonds. The standard InChI is InChI=1S/C18H24N2O2/c1-2-11-19(13-14-5-6-14)18(22)15-7-9-16(10-8-15)20-12-3-4-17(20)21/h7-10,14H,2-6,11-13H2,1H3. The number of hydrogen-bond donors (Lipinski definition) is 0. The summed E-state index contributed by atoms with van der Waals surface area (Å²) in [5, 5.41) is 0. The van der Waals surface area contributed by atoms with Gasteiger partial charge in [-0.3, -0.25) is 9.59 Å². The van der Waals surface area contributed by atoms with Gasteiger partial charge in [-0.2, -0.15) is 0 Å². The lowest BCUT2D eigenvalue weighted by atomic mass is 10.1. The number of carbonyl (C=O) groups is 2. The second kappa shape index (κ2) is 6.51. The Morgan fingerprint density at radius 3 is 2.55 bits per heavy atom. The van der Waals surface area contributed by atoms with Gasteiger partial charge in [0.1, 0.15) is 0 Å². The van der Waals surface area contributed by atoms with Gasteiger partial charge in [0.15, 0.2) is 0 Å². The Morgan fingerprint density at radius 2 is 2.00 bits per heavy atom. The quantitative estimate of drug-likeness (QED) is 0.810. The maximum atomic E-state index is 12.6. The fourth-order valence-corrected chi connectivity index (χ4v) is 3.05. The first-order valence-electron chi connectivity index (χ1n) is 8.38. The summed E-state index contributed by atoms with van der Waals surface area (Å²) in [5.74, 6) is 1.01. The summed E-state index contributed by atoms with van der Waals surface area (Å²) < 4.78 is 0. The van der Waals surface area contributed by atoms with Crippen molar-refractivity contribution in [2.75, 3.05) is 24.5 Å². The first-order valence-corrected chi connectivity index (χ1v) is 8.38. The van der Waals surface area contributed by atoms with E-state index in [0.717, 1.165) is 43.7 Å². The fourth-order valence-electron chi connectivity index (χ4n) is 3.05. The molecule has 0 atom stereocenters. The van der Waals surface area contributed by atoms with Gasteiger partial charge in [-0.05, 0) is 55.9 Å². The summed E-state index contributed by atoms with van der Waals surface area (Å²) in [6, 6.07) is 7.52. The first kappa shape index (κ1) is 15.1. The highest BCUT2D eigenvalue weighted by Gasteiger charge is 2.27. The van der Waals surface area contributed by atoms with Gasteiger partial charge in [-0.15, -0.1) is 0 Å². The zero-order chi connectivity index (χ0) is 15.5. The van der Waals surface area contributed by atoms with Crippen molar-refractivity contribution in [2.24, 2.45) is 5.92 Å². The van der Waals surface area contributed by atoms with Crippen molar-refractivity contribution < 1.29 is 9.59 Å². The largest absolute Gasteiger partial charge is 0.338 e. The molecule has 2 aliphatic rings. The molecular weight excluding hydrogens is 276 g/mol. The normalized spacial score (nSPS) is 17.9. The third-order valence-electron chi connectivity index (χ3n) is 4.46. The van der Waals surface area contributed by atoms with Crippen LogP contribution >= 0.6 is 0 Å². The molecule has 1 saturated carbocycles. The topological polar surface area (TPSA) is 40.6 Å². The Morgan fingerprint density at radius 1 is 1.27 bits per heavy atom. The fraction of sp³-hybridized carbons (Fsp3) is 0.556. The van der Waals surface area contributed by atoms with Crippen LogP contribution in [0.25, 0.3) is 0 Å². The third-order valence-corrected chi connectivity index (χ3v) is 4.46. The zero-order valence-electron chi connectivity index (χ0n) is 13.3. The highest BCUT2D eigenvalue weighted by molar-refractivity contribution is 5.97. The summed E-state index contributed by atoms with van der Waals surface area (Å²) in [5.41, 5.74) is 1.63. The summed E-state index contributed by atoms with van der Waals surface area (Å²) in [4.78, 5) is 28.2. The minimum atomic E-state index is 0.119. The number of hydrogen-bond acceptors (Lipinski definition) is 2. The highest BCUT2D eigenvalue weighted by atomic mass is 16.2. The van der Waals surface area contributed by atoms with Crippen LogP contribution in [0.3, 0.4) is 0 Å². The molecule has 0 unspecified atom stereocenters. The number of carbonyl (C=O) groups excluding carboxylic acids is 2. The molecule has 0 radical (unpaired) electrons. The smallest absolute Gasteiger partial charge is 0.253 e. The van der Waals surface area contributed by atoms with Crippen LogP contribution in [-0.4, -0.2) is 36.3 Å². The van der Waals surface area contributed by atoms with Gasteiger partial charge >= 0.3 is 0 Å². The first-order chi connectivity index (χ1) is 10.7. The lowest BCUT2D eigenvalue weighted by Gasteiger charge is -2.22. The van der Waals surface area contributed by atoms with Gasteiger partial charge < -0.3 is 9.80 Å². The predicted octanol–water partition coefficient (Wildman–Crippen LogP) is 3.08. The molecule has 2 fully saturated rings. The Kier molecular flexibility index (Phi) is 4.46. The maximum Gasteiger partial charge on any atom is 0.253 e. The van der Waals surface area contributed by atoms with Crippen LogP contribution in [0.15, 0.2) is 24.3 Å². The summed E-state index contributed by atoms with van der Waals surface area (Å²) in [7, 11) is 0. The number of benzene rings is 1. The zero-order valence-corrected chi connectivity index (χ0v) is 13.3. The van der Waals surface area contributed by atoms with Gasteiger partial charge in [0, 0.05) is 37.3 Å². The van der Waals surface area contributed by atoms with Crippen molar-refractivity contribution in [1.29, 1.82) is 0 Å². The van der Waals surface area contributed by atoms with E-state index in [2.05, 4.69) is 6.92 Å². The molecule has 1 saturated heterocycles. The van der Waals surface area contributed by atoms with E-state index in [-0.39, 0.29) is 11.8 Å². The molecule has 0 spiro atoms. The maximum absolute atomic E-state index is 12.6. The van der Waals surface area contributed by atoms with E-state index >= 15 is 0 Å². The summed E-state index contributed by atoms with van der Waals surface area (Å²) in [6.07, 6.45) is 5.05. The van der Waals surface area contributed by atoms with E-state index in [1.54, 1.807) is 0 Å². The molecule has 0 bridgehead atoms. The van der Waals surface area contributed by atoms with Crippen molar-refractivity contribution in [3.8, 4) is 0 Å². The predicted molar refractivity (Wildman–Crippen MR) is 86.9 cm³/mol. The molecule has 4 heteroatoms. The van der Waals surface area contributed by atoms with Crippen LogP contribution in [0.5, 0.6) is 0 Å². The van der Waals surface area contributed by atoms with Gasteiger partial charge in [0.25, 0.3) is 5.91 Å². The Labute approximate surface area is 132 Å². The van der Waals surface area contributed by atoms with Crippen molar-refractivity contribution >= 4 is 17.5 Å². The van der Waals surface area contributed by atoms with E-state index in [0.29, 0.717) is 12.3 Å². The van der Waals surface area contributed by atoms with Crippen LogP contribution in [0.2, 0.25) is 0 Å². The number of amides is 2. The van der Waals surface area contributed by atoms with E-state index in [1.165, 1.54) is 12.8 Å². The number of rotatable bonds is 6. The average Bonchev–Trinajstić information content (AvgIpc) is 3.25. The summed E-state index contributed by atoms with van der Waals surface area (Å²) in [6.45, 7) is 4.60. The molecule has 1 heterocycles. The molecule has 3 rings (SSSR count). The SMILES string of the molecule is CCCN(CC1CC1)C(=O)c1ccc(N2CCCC2=O)cc1. The molecule has 118 valence electrons. The van der Waals surface area contributed by atoms with Crippen LogP contribution in [-0.2, 0) is 4.79 Å². The molecule has 1 aromatic rings. The molecule has 1 aromatic carbocycles. The monoisotopic (exact) mass is 300 g/mol. The molecule has 0 aromatic heterocycles. The van der Waals surface area contributed by atoms with Crippen LogP contribution in [0, 0.1) is 5.92 Å². The Balaban J connectivity index is 1.70. The lowest BCUT2D eigenvalue weighted by molar-refractivity contribution is -0.117. The molecule has 0 N–H and O–H groups in total. The van der Waals surface area contributed by atoms with Gasteiger partial charge in [0.2, 0.25) is 5.91 Å². The minimum absolute atomic E-state index is 0.119. The molecule has 4 nitrogen and oxygen atoms in total. The highest BCUT2D eigenvalue weighted by Crippen LogP contribution is 2.30.